The molecule has 1 aliphatic heterocycles. The molecular weight excluding hydrogens is 370 g/mol. The van der Waals surface area contributed by atoms with Crippen molar-refractivity contribution in [3.63, 3.8) is 0 Å². The van der Waals surface area contributed by atoms with E-state index in [1.54, 1.807) is 12.3 Å². The number of pyridine rings is 1. The molecule has 6 heteroatoms. The molecule has 2 aromatic heterocycles. The summed E-state index contributed by atoms with van der Waals surface area (Å²) in [6, 6.07) is 10.3. The van der Waals surface area contributed by atoms with Gasteiger partial charge in [0.1, 0.15) is 5.82 Å². The number of aromatic nitrogens is 2. The molecule has 138 valence electrons. The molecule has 5 nitrogen and oxygen atoms in total. The largest absolute Gasteiger partial charge is 0.369 e. The van der Waals surface area contributed by atoms with Crippen molar-refractivity contribution in [1.29, 1.82) is 10.5 Å². The van der Waals surface area contributed by atoms with Gasteiger partial charge in [-0.05, 0) is 44.4 Å². The van der Waals surface area contributed by atoms with Gasteiger partial charge in [-0.25, -0.2) is 4.98 Å². The molecule has 1 aliphatic carbocycles. The van der Waals surface area contributed by atoms with Crippen molar-refractivity contribution in [2.45, 2.75) is 31.6 Å². The highest BCUT2D eigenvalue weighted by molar-refractivity contribution is 6.35. The third-order valence-electron chi connectivity index (χ3n) is 6.39. The van der Waals surface area contributed by atoms with Gasteiger partial charge in [0, 0.05) is 51.9 Å². The van der Waals surface area contributed by atoms with E-state index in [0.29, 0.717) is 10.6 Å². The number of benzene rings is 1. The van der Waals surface area contributed by atoms with Crippen LogP contribution >= 0.6 is 11.6 Å². The lowest BCUT2D eigenvalue weighted by molar-refractivity contribution is 0.404. The number of nitriles is 2. The van der Waals surface area contributed by atoms with E-state index in [1.165, 1.54) is 0 Å². The van der Waals surface area contributed by atoms with Crippen molar-refractivity contribution in [3.8, 4) is 23.3 Å². The fraction of sp³-hybridized carbons (Fsp3) is 0.318. The average Bonchev–Trinajstić information content (AvgIpc) is 3.39. The third kappa shape index (κ3) is 2.27. The quantitative estimate of drug-likeness (QED) is 0.605. The third-order valence-corrected chi connectivity index (χ3v) is 6.79. The zero-order valence-electron chi connectivity index (χ0n) is 15.4. The monoisotopic (exact) mass is 387 g/mol. The van der Waals surface area contributed by atoms with Crippen LogP contribution in [0.1, 0.15) is 37.3 Å². The van der Waals surface area contributed by atoms with Crippen molar-refractivity contribution in [3.05, 3.63) is 46.7 Å². The number of anilines is 1. The minimum Gasteiger partial charge on any atom is -0.369 e. The number of halogens is 1. The first kappa shape index (κ1) is 17.1. The molecule has 28 heavy (non-hydrogen) atoms. The van der Waals surface area contributed by atoms with Crippen molar-refractivity contribution in [2.75, 3.05) is 11.9 Å². The van der Waals surface area contributed by atoms with Crippen LogP contribution in [0.4, 0.5) is 5.82 Å². The number of nitrogens with zero attached hydrogens (tertiary/aromatic N) is 3. The highest BCUT2D eigenvalue weighted by Crippen LogP contribution is 2.57. The van der Waals surface area contributed by atoms with Crippen molar-refractivity contribution < 1.29 is 0 Å². The lowest BCUT2D eigenvalue weighted by Gasteiger charge is -2.26. The average molecular weight is 388 g/mol. The summed E-state index contributed by atoms with van der Waals surface area (Å²) in [6.07, 6.45) is 6.30. The molecule has 0 unspecified atom stereocenters. The Morgan fingerprint density at radius 1 is 1.21 bits per heavy atom. The molecule has 1 spiro atoms. The fourth-order valence-corrected chi connectivity index (χ4v) is 5.39. The van der Waals surface area contributed by atoms with Crippen LogP contribution in [-0.4, -0.2) is 16.5 Å². The van der Waals surface area contributed by atoms with Crippen LogP contribution in [0.15, 0.2) is 30.6 Å². The first-order chi connectivity index (χ1) is 13.5. The Hall–Kier alpha value is -3.02. The maximum atomic E-state index is 9.61. The maximum Gasteiger partial charge on any atom is 0.131 e. The van der Waals surface area contributed by atoms with Crippen LogP contribution < -0.4 is 5.32 Å². The summed E-state index contributed by atoms with van der Waals surface area (Å²) in [4.78, 5) is 7.92. The number of aromatic amines is 1. The predicted octanol–water partition coefficient (Wildman–Crippen LogP) is 5.13. The van der Waals surface area contributed by atoms with Crippen LogP contribution in [0.25, 0.3) is 22.0 Å². The van der Waals surface area contributed by atoms with E-state index < -0.39 is 0 Å². The maximum absolute atomic E-state index is 9.61. The standard InChI is InChI=1S/C22H18ClN5/c1-21(11-25)4-5-22(10-21)12-28-20-18(22)19(23)16(9-27-20)15-8-26-17-3-2-13(7-24)6-14(15)17/h2-3,6,8-9,26H,4-5,10,12H2,1H3,(H,27,28)/t21-,22+/m1/s1. The SMILES string of the molecule is C[C@@]1(C#N)CC[C@@]2(CNc3ncc(-c4c[nH]c5ccc(C#N)cc45)c(Cl)c32)C1. The van der Waals surface area contributed by atoms with Gasteiger partial charge in [-0.1, -0.05) is 11.6 Å². The van der Waals surface area contributed by atoms with E-state index in [-0.39, 0.29) is 10.8 Å². The predicted molar refractivity (Wildman–Crippen MR) is 109 cm³/mol. The van der Waals surface area contributed by atoms with Gasteiger partial charge in [0.15, 0.2) is 0 Å². The Bertz CT molecular complexity index is 1210. The summed E-state index contributed by atoms with van der Waals surface area (Å²) in [5.74, 6) is 0.827. The number of rotatable bonds is 1. The second-order valence-electron chi connectivity index (χ2n) is 8.27. The van der Waals surface area contributed by atoms with E-state index in [0.717, 1.165) is 59.2 Å². The second kappa shape index (κ2) is 5.74. The summed E-state index contributed by atoms with van der Waals surface area (Å²) in [5.41, 5.74) is 3.92. The van der Waals surface area contributed by atoms with Gasteiger partial charge in [-0.15, -0.1) is 0 Å². The number of H-pyrrole nitrogens is 1. The van der Waals surface area contributed by atoms with E-state index in [9.17, 15) is 10.5 Å². The number of nitrogens with one attached hydrogen (secondary N) is 2. The van der Waals surface area contributed by atoms with E-state index in [2.05, 4.69) is 27.4 Å². The van der Waals surface area contributed by atoms with Crippen molar-refractivity contribution >= 4 is 28.3 Å². The normalized spacial score (nSPS) is 25.4. The van der Waals surface area contributed by atoms with Gasteiger partial charge in [0.25, 0.3) is 0 Å². The highest BCUT2D eigenvalue weighted by atomic mass is 35.5. The number of hydrogen-bond donors (Lipinski definition) is 2. The van der Waals surface area contributed by atoms with E-state index in [4.69, 9.17) is 11.6 Å². The minimum atomic E-state index is -0.328. The molecule has 0 bridgehead atoms. The molecule has 0 radical (unpaired) electrons. The zero-order valence-corrected chi connectivity index (χ0v) is 16.2. The Labute approximate surface area is 168 Å². The molecule has 1 saturated carbocycles. The highest BCUT2D eigenvalue weighted by Gasteiger charge is 2.52. The molecule has 2 aliphatic rings. The molecule has 2 atom stereocenters. The summed E-state index contributed by atoms with van der Waals surface area (Å²) < 4.78 is 0. The fourth-order valence-electron chi connectivity index (χ4n) is 4.95. The lowest BCUT2D eigenvalue weighted by atomic mass is 9.77. The van der Waals surface area contributed by atoms with Crippen molar-refractivity contribution in [1.82, 2.24) is 9.97 Å². The Kier molecular flexibility index (Phi) is 3.50. The van der Waals surface area contributed by atoms with E-state index in [1.807, 2.05) is 25.3 Å². The molecule has 5 rings (SSSR count). The second-order valence-corrected chi connectivity index (χ2v) is 8.65. The van der Waals surface area contributed by atoms with Gasteiger partial charge >= 0.3 is 0 Å². The smallest absolute Gasteiger partial charge is 0.131 e. The first-order valence-corrected chi connectivity index (χ1v) is 9.72. The molecule has 2 N–H and O–H groups in total. The van der Waals surface area contributed by atoms with E-state index >= 15 is 0 Å². The number of fused-ring (bicyclic) bond motifs is 3. The van der Waals surface area contributed by atoms with Crippen LogP contribution in [0.2, 0.25) is 5.02 Å². The van der Waals surface area contributed by atoms with Gasteiger partial charge in [0.2, 0.25) is 0 Å². The first-order valence-electron chi connectivity index (χ1n) is 9.34. The minimum absolute atomic E-state index is 0.149. The molecular formula is C22H18ClN5. The summed E-state index contributed by atoms with van der Waals surface area (Å²) in [5, 5.41) is 23.9. The van der Waals surface area contributed by atoms with Crippen LogP contribution in [0.3, 0.4) is 0 Å². The van der Waals surface area contributed by atoms with Crippen LogP contribution in [-0.2, 0) is 5.41 Å². The summed E-state index contributed by atoms with van der Waals surface area (Å²) in [6.45, 7) is 2.80. The topological polar surface area (TPSA) is 88.3 Å². The Balaban J connectivity index is 1.69. The summed E-state index contributed by atoms with van der Waals surface area (Å²) in [7, 11) is 0. The van der Waals surface area contributed by atoms with Crippen molar-refractivity contribution in [2.24, 2.45) is 5.41 Å². The van der Waals surface area contributed by atoms with Crippen LogP contribution in [0, 0.1) is 28.1 Å². The van der Waals surface area contributed by atoms with Gasteiger partial charge in [-0.3, -0.25) is 0 Å². The molecule has 1 fully saturated rings. The van der Waals surface area contributed by atoms with Gasteiger partial charge in [0.05, 0.1) is 28.1 Å². The molecule has 1 aromatic carbocycles. The molecule has 0 amide bonds. The Morgan fingerprint density at radius 2 is 2.07 bits per heavy atom. The summed E-state index contributed by atoms with van der Waals surface area (Å²) >= 11 is 6.98. The van der Waals surface area contributed by atoms with Gasteiger partial charge in [-0.2, -0.15) is 10.5 Å². The molecule has 3 aromatic rings. The van der Waals surface area contributed by atoms with Crippen LogP contribution in [0.5, 0.6) is 0 Å². The lowest BCUT2D eigenvalue weighted by Crippen LogP contribution is -2.27. The number of hydrogen-bond acceptors (Lipinski definition) is 4. The molecule has 0 saturated heterocycles. The van der Waals surface area contributed by atoms with Gasteiger partial charge < -0.3 is 10.3 Å². The molecule has 3 heterocycles. The Morgan fingerprint density at radius 3 is 2.82 bits per heavy atom. The zero-order chi connectivity index (χ0) is 19.5.